The number of amides is 2. The first-order valence-corrected chi connectivity index (χ1v) is 4.92. The third-order valence-corrected chi connectivity index (χ3v) is 1.72. The van der Waals surface area contributed by atoms with Gasteiger partial charge in [0.25, 0.3) is 0 Å². The van der Waals surface area contributed by atoms with E-state index >= 15 is 0 Å². The molecule has 0 aromatic rings. The van der Waals surface area contributed by atoms with Crippen molar-refractivity contribution in [1.29, 1.82) is 0 Å². The Bertz CT molecular complexity index is 253. The highest BCUT2D eigenvalue weighted by Gasteiger charge is 2.28. The molecule has 0 saturated heterocycles. The Morgan fingerprint density at radius 3 is 1.38 bits per heavy atom. The molecule has 0 N–H and O–H groups in total. The monoisotopic (exact) mass is 230 g/mol. The molecule has 0 heterocycles. The molecule has 0 rings (SSSR count). The van der Waals surface area contributed by atoms with Gasteiger partial charge in [0.2, 0.25) is 0 Å². The van der Waals surface area contributed by atoms with Gasteiger partial charge in [-0.2, -0.15) is 10.0 Å². The van der Waals surface area contributed by atoms with E-state index in [0.717, 1.165) is 0 Å². The fraction of sp³-hybridized carbons (Fsp3) is 0.750. The molecule has 0 unspecified atom stereocenters. The van der Waals surface area contributed by atoms with E-state index < -0.39 is 11.8 Å². The average molecular weight is 230 g/mol. The number of carbonyl (C=O) groups excluding carboxylic acids is 2. The largest absolute Gasteiger partial charge is 0.336 e. The van der Waals surface area contributed by atoms with Crippen LogP contribution < -0.4 is 0 Å². The van der Waals surface area contributed by atoms with Crippen molar-refractivity contribution in [3.05, 3.63) is 9.81 Å². The predicted molar refractivity (Wildman–Crippen MR) is 55.6 cm³/mol. The van der Waals surface area contributed by atoms with Crippen LogP contribution in [0.2, 0.25) is 0 Å². The number of hydrogen-bond donors (Lipinski definition) is 0. The van der Waals surface area contributed by atoms with Gasteiger partial charge in [-0.1, -0.05) is 13.8 Å². The average Bonchev–Trinajstić information content (AvgIpc) is 2.31. The summed E-state index contributed by atoms with van der Waals surface area (Å²) in [5.41, 5.74) is 0. The maximum absolute atomic E-state index is 11.4. The van der Waals surface area contributed by atoms with Crippen molar-refractivity contribution < 1.29 is 9.59 Å². The second kappa shape index (κ2) is 7.43. The van der Waals surface area contributed by atoms with Gasteiger partial charge in [-0.05, 0) is 12.8 Å². The summed E-state index contributed by atoms with van der Waals surface area (Å²) in [5, 5.41) is 5.80. The fourth-order valence-electron chi connectivity index (χ4n) is 1.00. The summed E-state index contributed by atoms with van der Waals surface area (Å²) >= 11 is 0. The molecule has 0 aliphatic heterocycles. The summed E-state index contributed by atoms with van der Waals surface area (Å²) in [5.74, 6) is -2.27. The van der Waals surface area contributed by atoms with Crippen LogP contribution in [0.4, 0.5) is 0 Å². The normalized spacial score (nSPS) is 9.38. The van der Waals surface area contributed by atoms with Crippen LogP contribution in [-0.2, 0) is 9.59 Å². The lowest BCUT2D eigenvalue weighted by molar-refractivity contribution is -0.152. The maximum Gasteiger partial charge on any atom is 0.336 e. The Kier molecular flexibility index (Phi) is 6.57. The Hall–Kier alpha value is -1.86. The van der Waals surface area contributed by atoms with Crippen molar-refractivity contribution in [2.75, 3.05) is 13.1 Å². The Morgan fingerprint density at radius 2 is 1.19 bits per heavy atom. The van der Waals surface area contributed by atoms with Gasteiger partial charge in [0, 0.05) is 13.1 Å². The first-order valence-electron chi connectivity index (χ1n) is 4.92. The molecule has 0 fully saturated rings. The molecule has 90 valence electrons. The second-order valence-electron chi connectivity index (χ2n) is 3.02. The minimum atomic E-state index is -1.13. The predicted octanol–water partition coefficient (Wildman–Crippen LogP) is 0.826. The van der Waals surface area contributed by atoms with Crippen LogP contribution in [0.15, 0.2) is 10.6 Å². The van der Waals surface area contributed by atoms with Crippen LogP contribution in [0.5, 0.6) is 0 Å². The number of nitroso groups, excluding NO2 is 2. The molecule has 16 heavy (non-hydrogen) atoms. The summed E-state index contributed by atoms with van der Waals surface area (Å²) in [6.07, 6.45) is 0.958. The number of nitrogens with zero attached hydrogens (tertiary/aromatic N) is 4. The van der Waals surface area contributed by atoms with E-state index in [2.05, 4.69) is 10.6 Å². The molecule has 8 nitrogen and oxygen atoms in total. The summed E-state index contributed by atoms with van der Waals surface area (Å²) in [6, 6.07) is 0. The third kappa shape index (κ3) is 3.71. The van der Waals surface area contributed by atoms with Crippen LogP contribution >= 0.6 is 0 Å². The Labute approximate surface area is 92.5 Å². The topological polar surface area (TPSA) is 99.5 Å². The van der Waals surface area contributed by atoms with Crippen molar-refractivity contribution in [2.24, 2.45) is 10.6 Å². The van der Waals surface area contributed by atoms with Gasteiger partial charge in [-0.15, -0.1) is 9.81 Å². The van der Waals surface area contributed by atoms with Gasteiger partial charge in [0.05, 0.1) is 10.6 Å². The lowest BCUT2D eigenvalue weighted by Gasteiger charge is -2.15. The van der Waals surface area contributed by atoms with E-state index in [1.807, 2.05) is 0 Å². The van der Waals surface area contributed by atoms with Gasteiger partial charge in [-0.25, -0.2) is 0 Å². The van der Waals surface area contributed by atoms with Crippen molar-refractivity contribution >= 4 is 11.8 Å². The molecular weight excluding hydrogens is 216 g/mol. The molecule has 8 heteroatoms. The highest BCUT2D eigenvalue weighted by molar-refractivity contribution is 6.34. The molecule has 0 aliphatic carbocycles. The molecule has 2 amide bonds. The second-order valence-corrected chi connectivity index (χ2v) is 3.02. The fourth-order valence-corrected chi connectivity index (χ4v) is 1.00. The first kappa shape index (κ1) is 14.1. The zero-order valence-corrected chi connectivity index (χ0v) is 9.25. The molecule has 0 saturated carbocycles. The lowest BCUT2D eigenvalue weighted by atomic mass is 10.4. The van der Waals surface area contributed by atoms with E-state index in [0.29, 0.717) is 22.9 Å². The van der Waals surface area contributed by atoms with Gasteiger partial charge >= 0.3 is 11.8 Å². The lowest BCUT2D eigenvalue weighted by Crippen LogP contribution is -2.41. The summed E-state index contributed by atoms with van der Waals surface area (Å²) in [7, 11) is 0. The van der Waals surface area contributed by atoms with E-state index in [1.54, 1.807) is 13.8 Å². The van der Waals surface area contributed by atoms with E-state index in [1.165, 1.54) is 0 Å². The number of rotatable bonds is 6. The van der Waals surface area contributed by atoms with Gasteiger partial charge in [0.15, 0.2) is 0 Å². The van der Waals surface area contributed by atoms with Crippen molar-refractivity contribution in [3.63, 3.8) is 0 Å². The minimum absolute atomic E-state index is 0.0346. The maximum atomic E-state index is 11.4. The highest BCUT2D eigenvalue weighted by atomic mass is 16.3. The minimum Gasteiger partial charge on any atom is -0.261 e. The standard InChI is InChI=1S/C8H14N4O4/c1-3-5-11(9-15)7(13)8(14)12(10-16)6-4-2/h3-6H2,1-2H3. The van der Waals surface area contributed by atoms with Gasteiger partial charge in [-0.3, -0.25) is 9.59 Å². The zero-order valence-electron chi connectivity index (χ0n) is 9.25. The van der Waals surface area contributed by atoms with Crippen LogP contribution in [0, 0.1) is 9.81 Å². The molecule has 0 atom stereocenters. The zero-order chi connectivity index (χ0) is 12.6. The van der Waals surface area contributed by atoms with Crippen molar-refractivity contribution in [1.82, 2.24) is 10.0 Å². The SMILES string of the molecule is CCCN(N=O)C(=O)C(=O)N(CCC)N=O. The highest BCUT2D eigenvalue weighted by Crippen LogP contribution is 2.00. The molecule has 0 aromatic carbocycles. The van der Waals surface area contributed by atoms with E-state index in [-0.39, 0.29) is 13.1 Å². The van der Waals surface area contributed by atoms with Crippen LogP contribution in [0.1, 0.15) is 26.7 Å². The van der Waals surface area contributed by atoms with Crippen molar-refractivity contribution in [2.45, 2.75) is 26.7 Å². The molecule has 0 aromatic heterocycles. The van der Waals surface area contributed by atoms with Crippen LogP contribution in [-0.4, -0.2) is 34.9 Å². The first-order chi connectivity index (χ1) is 7.62. The molecule has 0 spiro atoms. The Balaban J connectivity index is 4.61. The third-order valence-electron chi connectivity index (χ3n) is 1.72. The summed E-state index contributed by atoms with van der Waals surface area (Å²) in [4.78, 5) is 43.3. The molecular formula is C8H14N4O4. The summed E-state index contributed by atoms with van der Waals surface area (Å²) in [6.45, 7) is 3.51. The quantitative estimate of drug-likeness (QED) is 0.383. The smallest absolute Gasteiger partial charge is 0.261 e. The molecule has 0 radical (unpaired) electrons. The number of hydrogen-bond acceptors (Lipinski definition) is 6. The van der Waals surface area contributed by atoms with E-state index in [9.17, 15) is 19.4 Å². The van der Waals surface area contributed by atoms with Crippen LogP contribution in [0.3, 0.4) is 0 Å². The van der Waals surface area contributed by atoms with E-state index in [4.69, 9.17) is 0 Å². The van der Waals surface area contributed by atoms with Crippen molar-refractivity contribution in [3.8, 4) is 0 Å². The summed E-state index contributed by atoms with van der Waals surface area (Å²) < 4.78 is 0. The van der Waals surface area contributed by atoms with Gasteiger partial charge < -0.3 is 0 Å². The molecule has 0 aliphatic rings. The number of carbonyl (C=O) groups is 2. The van der Waals surface area contributed by atoms with Crippen LogP contribution in [0.25, 0.3) is 0 Å². The van der Waals surface area contributed by atoms with Gasteiger partial charge in [0.1, 0.15) is 0 Å². The Morgan fingerprint density at radius 1 is 0.875 bits per heavy atom. The molecule has 0 bridgehead atoms.